The number of aromatic nitrogens is 1. The summed E-state index contributed by atoms with van der Waals surface area (Å²) in [7, 11) is 0. The van der Waals surface area contributed by atoms with Gasteiger partial charge in [0.1, 0.15) is 11.6 Å². The van der Waals surface area contributed by atoms with Crippen LogP contribution in [0.2, 0.25) is 5.02 Å². The van der Waals surface area contributed by atoms with E-state index < -0.39 is 5.82 Å². The summed E-state index contributed by atoms with van der Waals surface area (Å²) >= 11 is 5.66. The normalized spacial score (nSPS) is 10.3. The summed E-state index contributed by atoms with van der Waals surface area (Å²) in [5, 5.41) is -0.0835. The second-order valence-electron chi connectivity index (χ2n) is 3.80. The minimum atomic E-state index is -0.556. The van der Waals surface area contributed by atoms with Gasteiger partial charge in [0, 0.05) is 17.3 Å². The molecule has 19 heavy (non-hydrogen) atoms. The molecule has 0 aliphatic carbocycles. The van der Waals surface area contributed by atoms with Gasteiger partial charge >= 0.3 is 0 Å². The van der Waals surface area contributed by atoms with Crippen molar-refractivity contribution >= 4 is 17.4 Å². The van der Waals surface area contributed by atoms with Crippen molar-refractivity contribution in [2.75, 3.05) is 6.61 Å². The highest BCUT2D eigenvalue weighted by atomic mass is 35.5. The molecular formula is C14H11ClFNO2. The van der Waals surface area contributed by atoms with E-state index >= 15 is 0 Å². The molecule has 98 valence electrons. The number of pyridine rings is 1. The lowest BCUT2D eigenvalue weighted by atomic mass is 10.1. The first-order valence-electron chi connectivity index (χ1n) is 5.69. The number of ether oxygens (including phenoxy) is 1. The van der Waals surface area contributed by atoms with E-state index in [2.05, 4.69) is 4.98 Å². The highest BCUT2D eigenvalue weighted by Crippen LogP contribution is 2.20. The molecule has 1 heterocycles. The molecule has 0 atom stereocenters. The molecule has 0 fully saturated rings. The smallest absolute Gasteiger partial charge is 0.194 e. The Hall–Kier alpha value is -1.94. The van der Waals surface area contributed by atoms with Crippen LogP contribution in [0.5, 0.6) is 5.75 Å². The van der Waals surface area contributed by atoms with Gasteiger partial charge in [0.2, 0.25) is 0 Å². The summed E-state index contributed by atoms with van der Waals surface area (Å²) in [6, 6.07) is 5.44. The van der Waals surface area contributed by atoms with E-state index in [1.807, 2.05) is 6.92 Å². The predicted octanol–water partition coefficient (Wildman–Crippen LogP) is 3.50. The van der Waals surface area contributed by atoms with Crippen molar-refractivity contribution in [1.29, 1.82) is 0 Å². The highest BCUT2D eigenvalue weighted by Gasteiger charge is 2.12. The van der Waals surface area contributed by atoms with Crippen LogP contribution < -0.4 is 4.74 Å². The van der Waals surface area contributed by atoms with E-state index in [1.165, 1.54) is 24.5 Å². The number of hydrogen-bond acceptors (Lipinski definition) is 3. The van der Waals surface area contributed by atoms with Crippen molar-refractivity contribution in [1.82, 2.24) is 4.98 Å². The number of nitrogens with zero attached hydrogens (tertiary/aromatic N) is 1. The average molecular weight is 280 g/mol. The molecule has 0 bridgehead atoms. The first kappa shape index (κ1) is 13.5. The lowest BCUT2D eigenvalue weighted by Gasteiger charge is -2.05. The maximum Gasteiger partial charge on any atom is 0.194 e. The van der Waals surface area contributed by atoms with Crippen LogP contribution in [-0.2, 0) is 0 Å². The zero-order chi connectivity index (χ0) is 13.8. The minimum absolute atomic E-state index is 0.0835. The van der Waals surface area contributed by atoms with Crippen LogP contribution in [0.3, 0.4) is 0 Å². The molecule has 2 rings (SSSR count). The van der Waals surface area contributed by atoms with E-state index in [1.54, 1.807) is 6.07 Å². The van der Waals surface area contributed by atoms with Crippen LogP contribution in [0.1, 0.15) is 22.8 Å². The summed E-state index contributed by atoms with van der Waals surface area (Å²) < 4.78 is 18.3. The van der Waals surface area contributed by atoms with Gasteiger partial charge in [0.15, 0.2) is 5.78 Å². The van der Waals surface area contributed by atoms with Crippen LogP contribution in [-0.4, -0.2) is 17.4 Å². The van der Waals surface area contributed by atoms with Gasteiger partial charge in [0.25, 0.3) is 0 Å². The molecule has 0 N–H and O–H groups in total. The number of halogens is 2. The van der Waals surface area contributed by atoms with Gasteiger partial charge in [-0.25, -0.2) is 4.39 Å². The molecule has 0 spiro atoms. The predicted molar refractivity (Wildman–Crippen MR) is 70.2 cm³/mol. The van der Waals surface area contributed by atoms with Crippen molar-refractivity contribution in [3.8, 4) is 5.75 Å². The third-order valence-corrected chi connectivity index (χ3v) is 2.76. The Kier molecular flexibility index (Phi) is 4.12. The Morgan fingerprint density at radius 1 is 1.32 bits per heavy atom. The van der Waals surface area contributed by atoms with Gasteiger partial charge in [-0.2, -0.15) is 0 Å². The van der Waals surface area contributed by atoms with Crippen molar-refractivity contribution in [3.63, 3.8) is 0 Å². The monoisotopic (exact) mass is 279 g/mol. The third-order valence-electron chi connectivity index (χ3n) is 2.47. The molecule has 0 unspecified atom stereocenters. The lowest BCUT2D eigenvalue weighted by molar-refractivity contribution is 0.103. The summed E-state index contributed by atoms with van der Waals surface area (Å²) in [5.74, 6) is -0.322. The van der Waals surface area contributed by atoms with Gasteiger partial charge in [-0.3, -0.25) is 9.78 Å². The fraction of sp³-hybridized carbons (Fsp3) is 0.143. The van der Waals surface area contributed by atoms with Crippen LogP contribution in [0.15, 0.2) is 36.7 Å². The van der Waals surface area contributed by atoms with Crippen molar-refractivity contribution in [2.24, 2.45) is 0 Å². The Labute approximate surface area is 115 Å². The van der Waals surface area contributed by atoms with Gasteiger partial charge in [0.05, 0.1) is 17.8 Å². The summed E-state index contributed by atoms with van der Waals surface area (Å²) in [6.45, 7) is 2.33. The number of ketones is 1. The van der Waals surface area contributed by atoms with E-state index in [4.69, 9.17) is 16.3 Å². The molecule has 0 aliphatic rings. The third kappa shape index (κ3) is 3.09. The molecule has 2 aromatic rings. The first-order chi connectivity index (χ1) is 9.11. The van der Waals surface area contributed by atoms with E-state index in [0.29, 0.717) is 23.5 Å². The maximum atomic E-state index is 13.1. The van der Waals surface area contributed by atoms with Gasteiger partial charge in [-0.15, -0.1) is 0 Å². The Morgan fingerprint density at radius 2 is 2.11 bits per heavy atom. The van der Waals surface area contributed by atoms with E-state index in [-0.39, 0.29) is 10.8 Å². The van der Waals surface area contributed by atoms with E-state index in [0.717, 1.165) is 6.07 Å². The molecule has 1 aromatic carbocycles. The highest BCUT2D eigenvalue weighted by molar-refractivity contribution is 6.31. The Morgan fingerprint density at radius 3 is 2.79 bits per heavy atom. The number of rotatable bonds is 4. The van der Waals surface area contributed by atoms with Gasteiger partial charge in [-0.1, -0.05) is 11.6 Å². The molecule has 0 radical (unpaired) electrons. The Balaban J connectivity index is 2.32. The minimum Gasteiger partial charge on any atom is -0.492 e. The van der Waals surface area contributed by atoms with E-state index in [9.17, 15) is 9.18 Å². The second-order valence-corrected chi connectivity index (χ2v) is 4.21. The van der Waals surface area contributed by atoms with Gasteiger partial charge < -0.3 is 4.74 Å². The topological polar surface area (TPSA) is 39.2 Å². The molecule has 0 amide bonds. The number of carbonyl (C=O) groups is 1. The number of carbonyl (C=O) groups excluding carboxylic acids is 1. The van der Waals surface area contributed by atoms with Crippen LogP contribution in [0, 0.1) is 5.82 Å². The fourth-order valence-corrected chi connectivity index (χ4v) is 1.77. The molecule has 3 nitrogen and oxygen atoms in total. The fourth-order valence-electron chi connectivity index (χ4n) is 1.59. The molecule has 1 aromatic heterocycles. The lowest BCUT2D eigenvalue weighted by Crippen LogP contribution is -2.03. The maximum absolute atomic E-state index is 13.1. The standard InChI is InChI=1S/C14H11ClFNO2/c1-2-19-11-5-10(7-17-8-11)14(18)9-3-4-13(16)12(15)6-9/h3-8H,2H2,1H3. The molecule has 0 saturated carbocycles. The van der Waals surface area contributed by atoms with Crippen LogP contribution >= 0.6 is 11.6 Å². The average Bonchev–Trinajstić information content (AvgIpc) is 2.42. The van der Waals surface area contributed by atoms with Crippen molar-refractivity contribution in [3.05, 3.63) is 58.6 Å². The molecule has 5 heteroatoms. The second kappa shape index (κ2) is 5.80. The zero-order valence-corrected chi connectivity index (χ0v) is 10.9. The summed E-state index contributed by atoms with van der Waals surface area (Å²) in [4.78, 5) is 16.1. The number of hydrogen-bond donors (Lipinski definition) is 0. The zero-order valence-electron chi connectivity index (χ0n) is 10.2. The largest absolute Gasteiger partial charge is 0.492 e. The van der Waals surface area contributed by atoms with Crippen LogP contribution in [0.4, 0.5) is 4.39 Å². The molecule has 0 saturated heterocycles. The van der Waals surface area contributed by atoms with Crippen molar-refractivity contribution < 1.29 is 13.9 Å². The molecular weight excluding hydrogens is 269 g/mol. The quantitative estimate of drug-likeness (QED) is 0.804. The molecule has 0 aliphatic heterocycles. The van der Waals surface area contributed by atoms with Crippen molar-refractivity contribution in [2.45, 2.75) is 6.92 Å². The summed E-state index contributed by atoms with van der Waals surface area (Å²) in [5.41, 5.74) is 0.676. The Bertz CT molecular complexity index is 616. The number of benzene rings is 1. The SMILES string of the molecule is CCOc1cncc(C(=O)c2ccc(F)c(Cl)c2)c1. The van der Waals surface area contributed by atoms with Crippen LogP contribution in [0.25, 0.3) is 0 Å². The van der Waals surface area contributed by atoms with Gasteiger partial charge in [-0.05, 0) is 31.2 Å². The summed E-state index contributed by atoms with van der Waals surface area (Å²) in [6.07, 6.45) is 2.96. The first-order valence-corrected chi connectivity index (χ1v) is 6.07.